The highest BCUT2D eigenvalue weighted by molar-refractivity contribution is 6.31. The van der Waals surface area contributed by atoms with Crippen LogP contribution in [0.25, 0.3) is 0 Å². The summed E-state index contributed by atoms with van der Waals surface area (Å²) in [6, 6.07) is 10.9. The van der Waals surface area contributed by atoms with E-state index in [0.717, 1.165) is 30.9 Å². The molecule has 164 valence electrons. The summed E-state index contributed by atoms with van der Waals surface area (Å²) in [5.41, 5.74) is 0.774. The minimum Gasteiger partial charge on any atom is -0.372 e. The zero-order chi connectivity index (χ0) is 22.2. The van der Waals surface area contributed by atoms with Gasteiger partial charge < -0.3 is 15.1 Å². The van der Waals surface area contributed by atoms with Crippen LogP contribution in [0, 0.1) is 5.92 Å². The fraction of sp³-hybridized carbons (Fsp3) is 0.364. The number of rotatable bonds is 4. The molecule has 31 heavy (non-hydrogen) atoms. The number of carbonyl (C=O) groups is 2. The summed E-state index contributed by atoms with van der Waals surface area (Å²) in [4.78, 5) is 28.9. The molecule has 0 spiro atoms. The second-order valence-corrected chi connectivity index (χ2v) is 8.20. The lowest BCUT2D eigenvalue weighted by Gasteiger charge is -2.21. The van der Waals surface area contributed by atoms with Crippen LogP contribution in [0.5, 0.6) is 0 Å². The fourth-order valence-electron chi connectivity index (χ4n) is 4.02. The molecule has 2 aliphatic heterocycles. The van der Waals surface area contributed by atoms with E-state index < -0.39 is 28.6 Å². The van der Waals surface area contributed by atoms with Crippen molar-refractivity contribution in [1.82, 2.24) is 0 Å². The Morgan fingerprint density at radius 2 is 1.68 bits per heavy atom. The third-order valence-electron chi connectivity index (χ3n) is 5.67. The lowest BCUT2D eigenvalue weighted by Crippen LogP contribution is -2.28. The zero-order valence-corrected chi connectivity index (χ0v) is 17.3. The lowest BCUT2D eigenvalue weighted by atomic mass is 10.1. The summed E-state index contributed by atoms with van der Waals surface area (Å²) in [7, 11) is 0. The first-order valence-corrected chi connectivity index (χ1v) is 10.4. The first-order valence-electron chi connectivity index (χ1n) is 10.1. The molecule has 2 fully saturated rings. The number of halogens is 4. The number of hydrogen-bond donors (Lipinski definition) is 1. The Labute approximate surface area is 182 Å². The zero-order valence-electron chi connectivity index (χ0n) is 16.6. The van der Waals surface area contributed by atoms with Crippen LogP contribution in [0.3, 0.4) is 0 Å². The molecule has 2 saturated heterocycles. The van der Waals surface area contributed by atoms with Gasteiger partial charge in [0.2, 0.25) is 11.8 Å². The van der Waals surface area contributed by atoms with E-state index in [2.05, 4.69) is 10.2 Å². The number of benzene rings is 2. The lowest BCUT2D eigenvalue weighted by molar-refractivity contribution is -0.137. The maximum absolute atomic E-state index is 13.0. The second kappa shape index (κ2) is 8.42. The number of hydrogen-bond acceptors (Lipinski definition) is 3. The Morgan fingerprint density at radius 3 is 2.32 bits per heavy atom. The van der Waals surface area contributed by atoms with E-state index in [1.165, 1.54) is 18.9 Å². The summed E-state index contributed by atoms with van der Waals surface area (Å²) >= 11 is 5.62. The number of nitrogens with one attached hydrogen (secondary N) is 1. The maximum atomic E-state index is 13.0. The molecule has 1 atom stereocenters. The molecule has 1 unspecified atom stereocenters. The Bertz CT molecular complexity index is 988. The molecule has 2 aliphatic rings. The highest BCUT2D eigenvalue weighted by atomic mass is 35.5. The third kappa shape index (κ3) is 4.63. The predicted molar refractivity (Wildman–Crippen MR) is 113 cm³/mol. The van der Waals surface area contributed by atoms with Crippen molar-refractivity contribution in [2.45, 2.75) is 25.4 Å². The SMILES string of the molecule is O=C(Nc1ccc(Cl)c(C(F)(F)F)c1)C1CC(=O)N(c2ccc(N3CCCC3)cc2)C1. The van der Waals surface area contributed by atoms with Crippen LogP contribution in [0.2, 0.25) is 5.02 Å². The Morgan fingerprint density at radius 1 is 1.03 bits per heavy atom. The molecular weight excluding hydrogens is 431 g/mol. The van der Waals surface area contributed by atoms with Gasteiger partial charge in [0.15, 0.2) is 0 Å². The molecule has 0 saturated carbocycles. The molecule has 0 aliphatic carbocycles. The Kier molecular flexibility index (Phi) is 5.83. The van der Waals surface area contributed by atoms with Crippen molar-refractivity contribution in [1.29, 1.82) is 0 Å². The standard InChI is InChI=1S/C22H21ClF3N3O2/c23-19-8-3-15(12-18(19)22(24,25)26)27-21(31)14-11-20(30)29(13-14)17-6-4-16(5-7-17)28-9-1-2-10-28/h3-8,12,14H,1-2,9-11,13H2,(H,27,31). The van der Waals surface area contributed by atoms with Gasteiger partial charge >= 0.3 is 6.18 Å². The van der Waals surface area contributed by atoms with Crippen LogP contribution in [0.4, 0.5) is 30.2 Å². The van der Waals surface area contributed by atoms with Crippen LogP contribution in [0.1, 0.15) is 24.8 Å². The average Bonchev–Trinajstić information content (AvgIpc) is 3.39. The van der Waals surface area contributed by atoms with Gasteiger partial charge in [-0.25, -0.2) is 0 Å². The molecule has 1 N–H and O–H groups in total. The van der Waals surface area contributed by atoms with E-state index in [9.17, 15) is 22.8 Å². The van der Waals surface area contributed by atoms with Gasteiger partial charge in [0.25, 0.3) is 0 Å². The summed E-state index contributed by atoms with van der Waals surface area (Å²) in [5.74, 6) is -1.35. The smallest absolute Gasteiger partial charge is 0.372 e. The van der Waals surface area contributed by atoms with Gasteiger partial charge in [-0.3, -0.25) is 9.59 Å². The summed E-state index contributed by atoms with van der Waals surface area (Å²) in [6.45, 7) is 2.21. The van der Waals surface area contributed by atoms with Crippen molar-refractivity contribution in [2.24, 2.45) is 5.92 Å². The molecule has 5 nitrogen and oxygen atoms in total. The molecule has 0 radical (unpaired) electrons. The molecule has 0 aromatic heterocycles. The summed E-state index contributed by atoms with van der Waals surface area (Å²) < 4.78 is 39.1. The van der Waals surface area contributed by atoms with Crippen molar-refractivity contribution in [3.05, 3.63) is 53.1 Å². The van der Waals surface area contributed by atoms with Crippen LogP contribution >= 0.6 is 11.6 Å². The molecule has 2 aromatic carbocycles. The monoisotopic (exact) mass is 451 g/mol. The quantitative estimate of drug-likeness (QED) is 0.715. The van der Waals surface area contributed by atoms with Gasteiger partial charge in [0.1, 0.15) is 0 Å². The molecule has 0 bridgehead atoms. The molecule has 4 rings (SSSR count). The fourth-order valence-corrected chi connectivity index (χ4v) is 4.24. The third-order valence-corrected chi connectivity index (χ3v) is 6.00. The normalized spacial score (nSPS) is 19.2. The van der Waals surface area contributed by atoms with E-state index in [1.807, 2.05) is 24.3 Å². The van der Waals surface area contributed by atoms with Crippen molar-refractivity contribution >= 4 is 40.5 Å². The van der Waals surface area contributed by atoms with Gasteiger partial charge in [0, 0.05) is 43.1 Å². The minimum absolute atomic E-state index is 0.000568. The van der Waals surface area contributed by atoms with E-state index in [4.69, 9.17) is 11.6 Å². The van der Waals surface area contributed by atoms with E-state index in [1.54, 1.807) is 4.90 Å². The predicted octanol–water partition coefficient (Wildman–Crippen LogP) is 4.95. The van der Waals surface area contributed by atoms with Crippen molar-refractivity contribution in [3.63, 3.8) is 0 Å². The number of carbonyl (C=O) groups excluding carboxylic acids is 2. The summed E-state index contributed by atoms with van der Waals surface area (Å²) in [6.07, 6.45) is -2.29. The average molecular weight is 452 g/mol. The first-order chi connectivity index (χ1) is 14.7. The molecular formula is C22H21ClF3N3O2. The van der Waals surface area contributed by atoms with Crippen LogP contribution < -0.4 is 15.1 Å². The largest absolute Gasteiger partial charge is 0.417 e. The highest BCUT2D eigenvalue weighted by Gasteiger charge is 2.36. The Hall–Kier alpha value is -2.74. The minimum atomic E-state index is -4.63. The van der Waals surface area contributed by atoms with Crippen molar-refractivity contribution < 1.29 is 22.8 Å². The number of anilines is 3. The van der Waals surface area contributed by atoms with Crippen LogP contribution in [-0.4, -0.2) is 31.4 Å². The van der Waals surface area contributed by atoms with Gasteiger partial charge in [-0.2, -0.15) is 13.2 Å². The number of nitrogens with zero attached hydrogens (tertiary/aromatic N) is 2. The van der Waals surface area contributed by atoms with Crippen molar-refractivity contribution in [3.8, 4) is 0 Å². The van der Waals surface area contributed by atoms with Gasteiger partial charge in [-0.05, 0) is 55.3 Å². The summed E-state index contributed by atoms with van der Waals surface area (Å²) in [5, 5.41) is 2.04. The van der Waals surface area contributed by atoms with Crippen LogP contribution in [-0.2, 0) is 15.8 Å². The second-order valence-electron chi connectivity index (χ2n) is 7.80. The highest BCUT2D eigenvalue weighted by Crippen LogP contribution is 2.36. The van der Waals surface area contributed by atoms with Gasteiger partial charge in [0.05, 0.1) is 16.5 Å². The molecule has 2 aromatic rings. The molecule has 2 amide bonds. The van der Waals surface area contributed by atoms with Crippen molar-refractivity contribution in [2.75, 3.05) is 34.8 Å². The molecule has 2 heterocycles. The topological polar surface area (TPSA) is 52.7 Å². The number of alkyl halides is 3. The van der Waals surface area contributed by atoms with Gasteiger partial charge in [-0.15, -0.1) is 0 Å². The van der Waals surface area contributed by atoms with Crippen LogP contribution in [0.15, 0.2) is 42.5 Å². The number of amides is 2. The molecule has 9 heteroatoms. The van der Waals surface area contributed by atoms with E-state index in [-0.39, 0.29) is 24.6 Å². The first kappa shape index (κ1) is 21.5. The van der Waals surface area contributed by atoms with E-state index in [0.29, 0.717) is 5.69 Å². The maximum Gasteiger partial charge on any atom is 0.417 e. The van der Waals surface area contributed by atoms with Gasteiger partial charge in [-0.1, -0.05) is 11.6 Å². The Balaban J connectivity index is 1.42. The van der Waals surface area contributed by atoms with E-state index >= 15 is 0 Å².